The summed E-state index contributed by atoms with van der Waals surface area (Å²) in [4.78, 5) is 0. The van der Waals surface area contributed by atoms with Gasteiger partial charge in [0, 0.05) is 0 Å². The predicted octanol–water partition coefficient (Wildman–Crippen LogP) is 39.7. The second-order valence-electron chi connectivity index (χ2n) is 35.6. The molecule has 0 aromatic carbocycles. The van der Waals surface area contributed by atoms with Crippen LogP contribution >= 0.6 is 8.17 Å². The van der Waals surface area contributed by atoms with Gasteiger partial charge >= 0.3 is 0 Å². The van der Waals surface area contributed by atoms with Crippen LogP contribution in [0.15, 0.2) is 0 Å². The fourth-order valence-electron chi connectivity index (χ4n) is 17.2. The van der Waals surface area contributed by atoms with E-state index in [1.165, 1.54) is 610 Å². The van der Waals surface area contributed by atoms with Gasteiger partial charge in [0.05, 0.1) is 13.2 Å². The Morgan fingerprint density at radius 3 is 0.257 bits per heavy atom. The van der Waals surface area contributed by atoms with Crippen LogP contribution in [0.3, 0.4) is 0 Å². The maximum absolute atomic E-state index is 8.21. The highest BCUT2D eigenvalue weighted by Crippen LogP contribution is 2.27. The standard InChI is InChI=1S/C101H206NO2P/c1-3-5-7-9-11-13-15-17-19-21-23-25-27-29-31-33-35-37-39-41-43-45-47-49-51-53-55-57-59-61-63-65-67-69-71-73-75-77-79-81-83-85-87-89-91-93-95-97-99-101-104-105(102)103-100-98-96-94-92-90-88-86-84-82-80-78-76-74-72-70-68-66-64-62-60-58-56-54-52-50-48-46-44-42-40-38-36-34-32-30-28-26-24-22-20-18-16-14-12-10-8-6-4-2/h102,105H,3-101H2,1-2H3. The van der Waals surface area contributed by atoms with Crippen LogP contribution in [-0.2, 0) is 9.05 Å². The maximum atomic E-state index is 8.21. The summed E-state index contributed by atoms with van der Waals surface area (Å²) in [5.41, 5.74) is 0. The molecule has 0 aliphatic carbocycles. The van der Waals surface area contributed by atoms with E-state index in [9.17, 15) is 0 Å². The normalized spacial score (nSPS) is 12.1. The molecule has 0 amide bonds. The zero-order valence-electron chi connectivity index (χ0n) is 73.8. The minimum Gasteiger partial charge on any atom is -0.326 e. The Kier molecular flexibility index (Phi) is 102. The summed E-state index contributed by atoms with van der Waals surface area (Å²) in [6, 6.07) is 0. The number of rotatable bonds is 101. The van der Waals surface area contributed by atoms with Crippen LogP contribution in [0, 0.1) is 5.16 Å². The Labute approximate surface area is 668 Å². The Morgan fingerprint density at radius 2 is 0.181 bits per heavy atom. The molecule has 0 rings (SSSR count). The lowest BCUT2D eigenvalue weighted by molar-refractivity contribution is 0.245. The van der Waals surface area contributed by atoms with Gasteiger partial charge in [-0.3, -0.25) is 5.16 Å². The number of nitrogens with one attached hydrogen (secondary N) is 1. The highest BCUT2D eigenvalue weighted by molar-refractivity contribution is 7.34. The van der Waals surface area contributed by atoms with Crippen LogP contribution in [-0.4, -0.2) is 13.2 Å². The predicted molar refractivity (Wildman–Crippen MR) is 482 cm³/mol. The first kappa shape index (κ1) is 105. The summed E-state index contributed by atoms with van der Waals surface area (Å²) in [6.07, 6.45) is 141. The minimum absolute atomic E-state index is 0.720. The van der Waals surface area contributed by atoms with Crippen molar-refractivity contribution in [2.45, 2.75) is 637 Å². The van der Waals surface area contributed by atoms with E-state index in [1.807, 2.05) is 0 Å². The number of unbranched alkanes of at least 4 members (excludes halogenated alkanes) is 95. The van der Waals surface area contributed by atoms with Gasteiger partial charge in [-0.2, -0.15) is 0 Å². The van der Waals surface area contributed by atoms with Crippen LogP contribution in [0.4, 0.5) is 0 Å². The first-order valence-corrected chi connectivity index (χ1v) is 52.5. The van der Waals surface area contributed by atoms with E-state index < -0.39 is 8.17 Å². The van der Waals surface area contributed by atoms with E-state index in [2.05, 4.69) is 13.8 Å². The molecular formula is C101H206NO2P. The topological polar surface area (TPSA) is 42.3 Å². The molecule has 632 valence electrons. The van der Waals surface area contributed by atoms with Crippen molar-refractivity contribution in [1.82, 2.24) is 0 Å². The van der Waals surface area contributed by atoms with Crippen molar-refractivity contribution >= 4 is 8.17 Å². The highest BCUT2D eigenvalue weighted by Gasteiger charge is 2.05. The molecule has 0 aliphatic rings. The highest BCUT2D eigenvalue weighted by atomic mass is 31.1. The lowest BCUT2D eigenvalue weighted by Crippen LogP contribution is -1.92. The molecule has 1 atom stereocenters. The van der Waals surface area contributed by atoms with Crippen LogP contribution in [0.25, 0.3) is 0 Å². The summed E-state index contributed by atoms with van der Waals surface area (Å²) in [7, 11) is -1.81. The third-order valence-corrected chi connectivity index (χ3v) is 25.6. The molecule has 4 heteroatoms. The van der Waals surface area contributed by atoms with Crippen LogP contribution in [0.2, 0.25) is 0 Å². The molecule has 0 aromatic rings. The lowest BCUT2D eigenvalue weighted by Gasteiger charge is -2.08. The Bertz CT molecular complexity index is 1460. The van der Waals surface area contributed by atoms with Crippen LogP contribution < -0.4 is 0 Å². The van der Waals surface area contributed by atoms with Crippen LogP contribution in [0.5, 0.6) is 0 Å². The first-order valence-electron chi connectivity index (χ1n) is 51.1. The van der Waals surface area contributed by atoms with Gasteiger partial charge < -0.3 is 9.05 Å². The van der Waals surface area contributed by atoms with E-state index in [0.29, 0.717) is 0 Å². The maximum Gasteiger partial charge on any atom is 0.196 e. The van der Waals surface area contributed by atoms with E-state index >= 15 is 0 Å². The third-order valence-electron chi connectivity index (χ3n) is 24.7. The van der Waals surface area contributed by atoms with Gasteiger partial charge in [-0.05, 0) is 12.8 Å². The van der Waals surface area contributed by atoms with E-state index in [-0.39, 0.29) is 0 Å². The van der Waals surface area contributed by atoms with Gasteiger partial charge in [0.1, 0.15) is 0 Å². The molecule has 0 saturated carbocycles. The summed E-state index contributed by atoms with van der Waals surface area (Å²) < 4.78 is 11.5. The molecule has 0 spiro atoms. The number of hydrogen-bond acceptors (Lipinski definition) is 3. The van der Waals surface area contributed by atoms with Gasteiger partial charge in [0.2, 0.25) is 0 Å². The van der Waals surface area contributed by atoms with E-state index in [1.54, 1.807) is 0 Å². The summed E-state index contributed by atoms with van der Waals surface area (Å²) >= 11 is 0. The SMILES string of the molecule is CCCCCCCCCCCCCCCCCCCCCCCCCCCCCCCCCCCCCCCCCCCCCCCCCCCO[PH](=N)OCCCCCCCCCCCCCCCCCCCCCCCCCCCCCCCCCCCCCCCCCCCCCCCCCC. The largest absolute Gasteiger partial charge is 0.326 e. The molecular weight excluding hydrogens is 1290 g/mol. The van der Waals surface area contributed by atoms with Gasteiger partial charge in [0.25, 0.3) is 0 Å². The summed E-state index contributed by atoms with van der Waals surface area (Å²) in [5.74, 6) is 0. The van der Waals surface area contributed by atoms with Crippen LogP contribution in [0.1, 0.15) is 637 Å². The van der Waals surface area contributed by atoms with Crippen molar-refractivity contribution < 1.29 is 9.05 Å². The zero-order valence-corrected chi connectivity index (χ0v) is 74.8. The molecule has 0 aliphatic heterocycles. The Morgan fingerprint density at radius 1 is 0.114 bits per heavy atom. The zero-order chi connectivity index (χ0) is 75.0. The van der Waals surface area contributed by atoms with Crippen molar-refractivity contribution in [3.63, 3.8) is 0 Å². The average molecular weight is 1500 g/mol. The van der Waals surface area contributed by atoms with Gasteiger partial charge in [-0.1, -0.05) is 624 Å². The monoisotopic (exact) mass is 1500 g/mol. The molecule has 1 N–H and O–H groups in total. The van der Waals surface area contributed by atoms with Crippen molar-refractivity contribution in [2.24, 2.45) is 0 Å². The van der Waals surface area contributed by atoms with Crippen molar-refractivity contribution in [1.29, 1.82) is 5.16 Å². The minimum atomic E-state index is -1.81. The Balaban J connectivity index is 3.14. The molecule has 105 heavy (non-hydrogen) atoms. The molecule has 3 nitrogen and oxygen atoms in total. The van der Waals surface area contributed by atoms with E-state index in [4.69, 9.17) is 14.2 Å². The second-order valence-corrected chi connectivity index (χ2v) is 36.7. The fraction of sp³-hybridized carbons (Fsp3) is 1.00. The molecule has 0 aromatic heterocycles. The molecule has 0 radical (unpaired) electrons. The molecule has 0 heterocycles. The molecule has 1 unspecified atom stereocenters. The van der Waals surface area contributed by atoms with Crippen molar-refractivity contribution in [2.75, 3.05) is 13.2 Å². The lowest BCUT2D eigenvalue weighted by atomic mass is 10.0. The quantitative estimate of drug-likeness (QED) is 0.0487. The smallest absolute Gasteiger partial charge is 0.196 e. The van der Waals surface area contributed by atoms with Crippen molar-refractivity contribution in [3.05, 3.63) is 0 Å². The van der Waals surface area contributed by atoms with Gasteiger partial charge in [-0.15, -0.1) is 0 Å². The van der Waals surface area contributed by atoms with Gasteiger partial charge in [0.15, 0.2) is 8.17 Å². The molecule has 0 saturated heterocycles. The molecule has 0 fully saturated rings. The first-order chi connectivity index (χ1) is 52.3. The summed E-state index contributed by atoms with van der Waals surface area (Å²) in [5, 5.41) is 8.21. The Hall–Kier alpha value is 0.150. The summed E-state index contributed by atoms with van der Waals surface area (Å²) in [6.45, 7) is 6.07. The number of hydrogen-bond donors (Lipinski definition) is 1. The fourth-order valence-corrected chi connectivity index (χ4v) is 17.9. The average Bonchev–Trinajstić information content (AvgIpc) is 3.87. The van der Waals surface area contributed by atoms with Crippen molar-refractivity contribution in [3.8, 4) is 0 Å². The van der Waals surface area contributed by atoms with E-state index in [0.717, 1.165) is 26.1 Å². The molecule has 0 bridgehead atoms. The van der Waals surface area contributed by atoms with Gasteiger partial charge in [-0.25, -0.2) is 0 Å². The third kappa shape index (κ3) is 102. The second kappa shape index (κ2) is 102.